The van der Waals surface area contributed by atoms with Gasteiger partial charge in [0.1, 0.15) is 18.0 Å². The lowest BCUT2D eigenvalue weighted by atomic mass is 10.2. The molecule has 0 bridgehead atoms. The Hall–Kier alpha value is -2.44. The molecule has 0 aromatic heterocycles. The van der Waals surface area contributed by atoms with Gasteiger partial charge in [0.15, 0.2) is 0 Å². The van der Waals surface area contributed by atoms with Crippen LogP contribution in [0.25, 0.3) is 0 Å². The highest BCUT2D eigenvalue weighted by molar-refractivity contribution is 5.97. The molecule has 0 saturated carbocycles. The molecule has 1 aromatic carbocycles. The van der Waals surface area contributed by atoms with Gasteiger partial charge in [-0.2, -0.15) is 0 Å². The summed E-state index contributed by atoms with van der Waals surface area (Å²) in [5, 5.41) is 8.77. The summed E-state index contributed by atoms with van der Waals surface area (Å²) in [6, 6.07) is 4.79. The van der Waals surface area contributed by atoms with Gasteiger partial charge < -0.3 is 19.5 Å². The van der Waals surface area contributed by atoms with Crippen LogP contribution >= 0.6 is 0 Å². The number of aliphatic carboxylic acids is 1. The largest absolute Gasteiger partial charge is 0.497 e. The summed E-state index contributed by atoms with van der Waals surface area (Å²) in [6.45, 7) is 0.475. The number of hydrogen-bond acceptors (Lipinski definition) is 4. The number of carbonyl (C=O) groups excluding carboxylic acids is 1. The van der Waals surface area contributed by atoms with E-state index in [9.17, 15) is 9.59 Å². The number of carboxylic acids is 1. The van der Waals surface area contributed by atoms with Crippen molar-refractivity contribution in [3.8, 4) is 11.5 Å². The van der Waals surface area contributed by atoms with Crippen molar-refractivity contribution in [1.82, 2.24) is 4.90 Å². The minimum Gasteiger partial charge on any atom is -0.497 e. The van der Waals surface area contributed by atoms with Gasteiger partial charge in [0.05, 0.1) is 19.9 Å². The van der Waals surface area contributed by atoms with E-state index in [2.05, 4.69) is 0 Å². The van der Waals surface area contributed by atoms with Crippen LogP contribution in [0, 0.1) is 0 Å². The Kier molecular flexibility index (Phi) is 3.97. The number of anilines is 1. The van der Waals surface area contributed by atoms with Gasteiger partial charge >= 0.3 is 12.0 Å². The fourth-order valence-electron chi connectivity index (χ4n) is 2.12. The molecule has 1 N–H and O–H groups in total. The minimum atomic E-state index is -1.03. The molecular formula is C13H16N2O5. The fourth-order valence-corrected chi connectivity index (χ4v) is 2.12. The molecule has 0 spiro atoms. The van der Waals surface area contributed by atoms with Crippen LogP contribution in [0.4, 0.5) is 10.5 Å². The van der Waals surface area contributed by atoms with E-state index in [-0.39, 0.29) is 12.6 Å². The fraction of sp³-hybridized carbons (Fsp3) is 0.385. The quantitative estimate of drug-likeness (QED) is 0.871. The first-order valence-corrected chi connectivity index (χ1v) is 6.07. The van der Waals surface area contributed by atoms with Crippen LogP contribution < -0.4 is 14.4 Å². The summed E-state index contributed by atoms with van der Waals surface area (Å²) in [7, 11) is 3.05. The molecular weight excluding hydrogens is 264 g/mol. The third-order valence-electron chi connectivity index (χ3n) is 3.10. The van der Waals surface area contributed by atoms with Gasteiger partial charge in [-0.25, -0.2) is 4.79 Å². The van der Waals surface area contributed by atoms with Crippen LogP contribution in [0.2, 0.25) is 0 Å². The first-order valence-electron chi connectivity index (χ1n) is 6.07. The molecule has 0 unspecified atom stereocenters. The van der Waals surface area contributed by atoms with Crippen molar-refractivity contribution < 1.29 is 24.2 Å². The van der Waals surface area contributed by atoms with Crippen LogP contribution in [0.1, 0.15) is 0 Å². The van der Waals surface area contributed by atoms with Gasteiger partial charge in [0, 0.05) is 19.2 Å². The summed E-state index contributed by atoms with van der Waals surface area (Å²) in [5.74, 6) is 0.111. The van der Waals surface area contributed by atoms with Gasteiger partial charge in [-0.05, 0) is 12.1 Å². The van der Waals surface area contributed by atoms with E-state index in [1.807, 2.05) is 0 Å². The van der Waals surface area contributed by atoms with E-state index < -0.39 is 5.97 Å². The van der Waals surface area contributed by atoms with Gasteiger partial charge in [-0.3, -0.25) is 9.69 Å². The summed E-state index contributed by atoms with van der Waals surface area (Å²) >= 11 is 0. The summed E-state index contributed by atoms with van der Waals surface area (Å²) < 4.78 is 10.4. The molecule has 7 heteroatoms. The lowest BCUT2D eigenvalue weighted by molar-refractivity contribution is -0.137. The summed E-state index contributed by atoms with van der Waals surface area (Å²) in [4.78, 5) is 25.7. The normalized spacial score (nSPS) is 14.6. The maximum Gasteiger partial charge on any atom is 0.325 e. The second-order valence-electron chi connectivity index (χ2n) is 4.29. The second-order valence-corrected chi connectivity index (χ2v) is 4.29. The van der Waals surface area contributed by atoms with Crippen LogP contribution in [0.5, 0.6) is 11.5 Å². The molecule has 0 radical (unpaired) electrons. The Morgan fingerprint density at radius 1 is 1.30 bits per heavy atom. The van der Waals surface area contributed by atoms with Crippen LogP contribution in [0.3, 0.4) is 0 Å². The molecule has 2 rings (SSSR count). The van der Waals surface area contributed by atoms with Crippen molar-refractivity contribution >= 4 is 17.7 Å². The zero-order valence-corrected chi connectivity index (χ0v) is 11.3. The lowest BCUT2D eigenvalue weighted by Gasteiger charge is -2.20. The SMILES string of the molecule is COc1ccc(OC)c(N2CCN(CC(=O)O)C2=O)c1. The Morgan fingerprint density at radius 3 is 2.65 bits per heavy atom. The monoisotopic (exact) mass is 280 g/mol. The highest BCUT2D eigenvalue weighted by Crippen LogP contribution is 2.34. The average Bonchev–Trinajstić information content (AvgIpc) is 2.78. The molecule has 1 saturated heterocycles. The third-order valence-corrected chi connectivity index (χ3v) is 3.10. The van der Waals surface area contributed by atoms with Crippen LogP contribution in [-0.2, 0) is 4.79 Å². The first kappa shape index (κ1) is 14.0. The lowest BCUT2D eigenvalue weighted by Crippen LogP contribution is -2.35. The number of methoxy groups -OCH3 is 2. The average molecular weight is 280 g/mol. The number of hydrogen-bond donors (Lipinski definition) is 1. The zero-order valence-electron chi connectivity index (χ0n) is 11.3. The maximum atomic E-state index is 12.2. The second kappa shape index (κ2) is 5.68. The first-order chi connectivity index (χ1) is 9.56. The van der Waals surface area contributed by atoms with E-state index >= 15 is 0 Å². The van der Waals surface area contributed by atoms with E-state index in [4.69, 9.17) is 14.6 Å². The molecule has 0 aliphatic carbocycles. The number of ether oxygens (including phenoxy) is 2. The molecule has 108 valence electrons. The summed E-state index contributed by atoms with van der Waals surface area (Å²) in [5.41, 5.74) is 0.574. The maximum absolute atomic E-state index is 12.2. The van der Waals surface area contributed by atoms with Gasteiger partial charge in [-0.1, -0.05) is 0 Å². The van der Waals surface area contributed by atoms with Crippen molar-refractivity contribution in [3.63, 3.8) is 0 Å². The smallest absolute Gasteiger partial charge is 0.325 e. The van der Waals surface area contributed by atoms with Crippen molar-refractivity contribution in [1.29, 1.82) is 0 Å². The van der Waals surface area contributed by atoms with Gasteiger partial charge in [-0.15, -0.1) is 0 Å². The molecule has 1 aliphatic rings. The van der Waals surface area contributed by atoms with E-state index in [1.54, 1.807) is 18.2 Å². The van der Waals surface area contributed by atoms with Gasteiger partial charge in [0.25, 0.3) is 0 Å². The number of rotatable bonds is 5. The summed E-state index contributed by atoms with van der Waals surface area (Å²) in [6.07, 6.45) is 0. The van der Waals surface area contributed by atoms with Crippen LogP contribution in [-0.4, -0.2) is 55.9 Å². The molecule has 0 atom stereocenters. The Bertz CT molecular complexity index is 531. The molecule has 7 nitrogen and oxygen atoms in total. The Morgan fingerprint density at radius 2 is 2.05 bits per heavy atom. The third kappa shape index (κ3) is 2.61. The molecule has 1 aromatic rings. The number of amides is 2. The molecule has 20 heavy (non-hydrogen) atoms. The highest BCUT2D eigenvalue weighted by atomic mass is 16.5. The van der Waals surface area contributed by atoms with Crippen molar-refractivity contribution in [2.75, 3.05) is 38.8 Å². The van der Waals surface area contributed by atoms with Crippen LogP contribution in [0.15, 0.2) is 18.2 Å². The van der Waals surface area contributed by atoms with E-state index in [1.165, 1.54) is 24.0 Å². The molecule has 1 heterocycles. The Balaban J connectivity index is 2.28. The number of carbonyl (C=O) groups is 2. The van der Waals surface area contributed by atoms with Crippen molar-refractivity contribution in [3.05, 3.63) is 18.2 Å². The number of carboxylic acid groups (broad SMARTS) is 1. The Labute approximate surface area is 116 Å². The van der Waals surface area contributed by atoms with E-state index in [0.717, 1.165) is 0 Å². The number of benzene rings is 1. The standard InChI is InChI=1S/C13H16N2O5/c1-19-9-3-4-11(20-2)10(7-9)15-6-5-14(13(15)18)8-12(16)17/h3-4,7H,5-6,8H2,1-2H3,(H,16,17). The highest BCUT2D eigenvalue weighted by Gasteiger charge is 2.32. The van der Waals surface area contributed by atoms with Crippen molar-refractivity contribution in [2.45, 2.75) is 0 Å². The number of nitrogens with zero attached hydrogens (tertiary/aromatic N) is 2. The van der Waals surface area contributed by atoms with Gasteiger partial charge in [0.2, 0.25) is 0 Å². The zero-order chi connectivity index (χ0) is 14.7. The predicted octanol–water partition coefficient (Wildman–Crippen LogP) is 1.03. The topological polar surface area (TPSA) is 79.3 Å². The molecule has 2 amide bonds. The van der Waals surface area contributed by atoms with E-state index in [0.29, 0.717) is 30.3 Å². The molecule has 1 fully saturated rings. The minimum absolute atomic E-state index is 0.304. The molecule has 1 aliphatic heterocycles. The number of urea groups is 1. The predicted molar refractivity (Wildman–Crippen MR) is 71.5 cm³/mol. The van der Waals surface area contributed by atoms with Crippen molar-refractivity contribution in [2.24, 2.45) is 0 Å².